The van der Waals surface area contributed by atoms with E-state index < -0.39 is 14.8 Å². The van der Waals surface area contributed by atoms with Gasteiger partial charge in [0.15, 0.2) is 15.8 Å². The molecule has 114 valence electrons. The van der Waals surface area contributed by atoms with Crippen molar-refractivity contribution in [3.8, 4) is 0 Å². The summed E-state index contributed by atoms with van der Waals surface area (Å²) in [7, 11) is -3.52. The van der Waals surface area contributed by atoms with Crippen molar-refractivity contribution >= 4 is 21.5 Å². The van der Waals surface area contributed by atoms with Crippen LogP contribution in [0.3, 0.4) is 0 Å². The molecule has 0 unspecified atom stereocenters. The van der Waals surface area contributed by atoms with Crippen LogP contribution in [0.4, 0.5) is 5.69 Å². The number of benzene rings is 1. The Balaban J connectivity index is 1.99. The van der Waals surface area contributed by atoms with Crippen LogP contribution < -0.4 is 5.73 Å². The molecule has 1 aliphatic heterocycles. The number of likely N-dealkylation sites (tertiary alicyclic amines) is 1. The van der Waals surface area contributed by atoms with E-state index >= 15 is 0 Å². The van der Waals surface area contributed by atoms with Crippen molar-refractivity contribution in [1.29, 1.82) is 0 Å². The van der Waals surface area contributed by atoms with Crippen molar-refractivity contribution in [2.45, 2.75) is 11.3 Å². The molecule has 2 N–H and O–H groups in total. The number of sulfone groups is 1. The Hall–Kier alpha value is -2.16. The summed E-state index contributed by atoms with van der Waals surface area (Å²) in [5, 5.41) is 10.5. The van der Waals surface area contributed by atoms with Crippen LogP contribution in [0.25, 0.3) is 0 Å². The third-order valence-electron chi connectivity index (χ3n) is 3.22. The summed E-state index contributed by atoms with van der Waals surface area (Å²) in [6.45, 7) is 1.77. The Kier molecular flexibility index (Phi) is 4.41. The molecule has 1 heterocycles. The molecule has 9 heteroatoms. The highest BCUT2D eigenvalue weighted by Crippen LogP contribution is 2.17. The summed E-state index contributed by atoms with van der Waals surface area (Å²) in [6.07, 6.45) is 1.07. The van der Waals surface area contributed by atoms with Gasteiger partial charge in [-0.2, -0.15) is 0 Å². The van der Waals surface area contributed by atoms with E-state index in [1.165, 1.54) is 24.3 Å². The van der Waals surface area contributed by atoms with Crippen LogP contribution in [0.2, 0.25) is 0 Å². The summed E-state index contributed by atoms with van der Waals surface area (Å²) in [4.78, 5) is 15.9. The molecule has 0 aromatic heterocycles. The zero-order valence-corrected chi connectivity index (χ0v) is 12.1. The summed E-state index contributed by atoms with van der Waals surface area (Å²) in [5.74, 6) is 0.180. The molecule has 0 radical (unpaired) electrons. The maximum atomic E-state index is 12.1. The second-order valence-electron chi connectivity index (χ2n) is 4.65. The molecule has 0 saturated carbocycles. The van der Waals surface area contributed by atoms with Gasteiger partial charge >= 0.3 is 0 Å². The van der Waals surface area contributed by atoms with Crippen LogP contribution >= 0.6 is 0 Å². The summed E-state index contributed by atoms with van der Waals surface area (Å²) < 4.78 is 24.1. The maximum absolute atomic E-state index is 12.1. The number of non-ortho nitro benzene ring substituents is 1. The average Bonchev–Trinajstić information content (AvgIpc) is 2.36. The molecule has 1 aliphatic rings. The van der Waals surface area contributed by atoms with Gasteiger partial charge < -0.3 is 10.6 Å². The van der Waals surface area contributed by atoms with Gasteiger partial charge in [-0.25, -0.2) is 8.42 Å². The highest BCUT2D eigenvalue weighted by molar-refractivity contribution is 7.91. The lowest BCUT2D eigenvalue weighted by Crippen LogP contribution is -2.46. The van der Waals surface area contributed by atoms with Crippen molar-refractivity contribution in [3.63, 3.8) is 0 Å². The zero-order chi connectivity index (χ0) is 15.5. The first-order valence-electron chi connectivity index (χ1n) is 6.42. The lowest BCUT2D eigenvalue weighted by Gasteiger charge is -2.31. The van der Waals surface area contributed by atoms with Gasteiger partial charge in [0.2, 0.25) is 0 Å². The van der Waals surface area contributed by atoms with E-state index in [1.807, 2.05) is 4.90 Å². The minimum Gasteiger partial charge on any atom is -0.370 e. The molecule has 0 amide bonds. The number of nitrogens with two attached hydrogens (primary N) is 1. The quantitative estimate of drug-likeness (QED) is 0.363. The largest absolute Gasteiger partial charge is 0.370 e. The van der Waals surface area contributed by atoms with Crippen LogP contribution in [0.15, 0.2) is 34.2 Å². The average molecular weight is 312 g/mol. The van der Waals surface area contributed by atoms with Crippen LogP contribution in [-0.4, -0.2) is 49.6 Å². The van der Waals surface area contributed by atoms with E-state index in [4.69, 9.17) is 5.73 Å². The van der Waals surface area contributed by atoms with Crippen LogP contribution in [0.1, 0.15) is 6.42 Å². The number of nitrogens with zero attached hydrogens (tertiary/aromatic N) is 3. The third-order valence-corrected chi connectivity index (χ3v) is 4.93. The molecular weight excluding hydrogens is 296 g/mol. The van der Waals surface area contributed by atoms with E-state index in [-0.39, 0.29) is 22.9 Å². The van der Waals surface area contributed by atoms with E-state index in [0.717, 1.165) is 19.5 Å². The van der Waals surface area contributed by atoms with Gasteiger partial charge in [0.25, 0.3) is 5.69 Å². The topological polar surface area (TPSA) is 119 Å². The van der Waals surface area contributed by atoms with E-state index in [2.05, 4.69) is 4.99 Å². The zero-order valence-electron chi connectivity index (χ0n) is 11.3. The molecule has 21 heavy (non-hydrogen) atoms. The smallest absolute Gasteiger partial charge is 0.269 e. The molecule has 0 aliphatic carbocycles. The number of hydrogen-bond donors (Lipinski definition) is 1. The minimum atomic E-state index is -3.52. The maximum Gasteiger partial charge on any atom is 0.269 e. The first kappa shape index (κ1) is 15.2. The number of nitro benzene ring substituents is 1. The predicted octanol–water partition coefficient (Wildman–Crippen LogP) is 0.389. The molecule has 1 aromatic rings. The minimum absolute atomic E-state index is 0.0471. The number of nitro groups is 1. The van der Waals surface area contributed by atoms with Gasteiger partial charge in [0.05, 0.1) is 22.1 Å². The molecule has 0 bridgehead atoms. The number of guanidine groups is 1. The van der Waals surface area contributed by atoms with Crippen LogP contribution in [-0.2, 0) is 9.84 Å². The fourth-order valence-corrected chi connectivity index (χ4v) is 2.94. The highest BCUT2D eigenvalue weighted by Gasteiger charge is 2.18. The summed E-state index contributed by atoms with van der Waals surface area (Å²) >= 11 is 0. The van der Waals surface area contributed by atoms with Crippen molar-refractivity contribution in [2.24, 2.45) is 10.7 Å². The third kappa shape index (κ3) is 3.69. The monoisotopic (exact) mass is 312 g/mol. The van der Waals surface area contributed by atoms with Crippen LogP contribution in [0.5, 0.6) is 0 Å². The predicted molar refractivity (Wildman–Crippen MR) is 77.8 cm³/mol. The van der Waals surface area contributed by atoms with Gasteiger partial charge in [-0.3, -0.25) is 15.1 Å². The fraction of sp³-hybridized carbons (Fsp3) is 0.417. The molecular formula is C12H16N4O4S. The number of aliphatic imine (C=N–C) groups is 1. The lowest BCUT2D eigenvalue weighted by atomic mass is 10.2. The standard InChI is InChI=1S/C12H16N4O4S/c13-12(15-7-1-8-15)14-6-9-21(19,20)11-4-2-10(3-5-11)16(17)18/h2-5H,1,6-9H2,(H2,13,14). The lowest BCUT2D eigenvalue weighted by molar-refractivity contribution is -0.384. The van der Waals surface area contributed by atoms with Gasteiger partial charge in [-0.05, 0) is 18.6 Å². The van der Waals surface area contributed by atoms with E-state index in [1.54, 1.807) is 0 Å². The fourth-order valence-electron chi connectivity index (χ4n) is 1.82. The summed E-state index contributed by atoms with van der Waals surface area (Å²) in [6, 6.07) is 4.81. The SMILES string of the molecule is NC(=NCCS(=O)(=O)c1ccc([N+](=O)[O-])cc1)N1CCC1. The number of rotatable bonds is 5. The Bertz CT molecular complexity index is 650. The number of hydrogen-bond acceptors (Lipinski definition) is 5. The van der Waals surface area contributed by atoms with Gasteiger partial charge in [0.1, 0.15) is 0 Å². The second-order valence-corrected chi connectivity index (χ2v) is 6.76. The second kappa shape index (κ2) is 6.08. The molecule has 0 spiro atoms. The van der Waals surface area contributed by atoms with Gasteiger partial charge in [0, 0.05) is 25.2 Å². The Morgan fingerprint density at radius 2 is 1.95 bits per heavy atom. The molecule has 0 atom stereocenters. The van der Waals surface area contributed by atoms with Gasteiger partial charge in [-0.15, -0.1) is 0 Å². The summed E-state index contributed by atoms with van der Waals surface area (Å²) in [5.41, 5.74) is 5.56. The van der Waals surface area contributed by atoms with Crippen molar-refractivity contribution < 1.29 is 13.3 Å². The molecule has 1 aromatic carbocycles. The first-order chi connectivity index (χ1) is 9.90. The first-order valence-corrected chi connectivity index (χ1v) is 8.07. The van der Waals surface area contributed by atoms with Crippen molar-refractivity contribution in [1.82, 2.24) is 4.90 Å². The Morgan fingerprint density at radius 3 is 2.43 bits per heavy atom. The Morgan fingerprint density at radius 1 is 1.33 bits per heavy atom. The van der Waals surface area contributed by atoms with Crippen LogP contribution in [0, 0.1) is 10.1 Å². The van der Waals surface area contributed by atoms with Crippen molar-refractivity contribution in [3.05, 3.63) is 34.4 Å². The molecule has 1 saturated heterocycles. The van der Waals surface area contributed by atoms with Crippen molar-refractivity contribution in [2.75, 3.05) is 25.4 Å². The highest BCUT2D eigenvalue weighted by atomic mass is 32.2. The molecule has 1 fully saturated rings. The normalized spacial score (nSPS) is 15.6. The molecule has 2 rings (SSSR count). The van der Waals surface area contributed by atoms with E-state index in [0.29, 0.717) is 5.96 Å². The van der Waals surface area contributed by atoms with E-state index in [9.17, 15) is 18.5 Å². The molecule has 8 nitrogen and oxygen atoms in total. The van der Waals surface area contributed by atoms with Gasteiger partial charge in [-0.1, -0.05) is 0 Å². The Labute approximate surface area is 122 Å².